The highest BCUT2D eigenvalue weighted by Crippen LogP contribution is 2.72. The molecule has 1 N–H and O–H groups in total. The van der Waals surface area contributed by atoms with Crippen molar-refractivity contribution >= 4 is 43.2 Å². The molecule has 1 aliphatic rings. The van der Waals surface area contributed by atoms with E-state index in [1.54, 1.807) is 11.3 Å². The molecule has 1 saturated carbocycles. The molecular weight excluding hydrogens is 352 g/mol. The zero-order chi connectivity index (χ0) is 12.3. The van der Waals surface area contributed by atoms with Crippen molar-refractivity contribution in [1.29, 1.82) is 0 Å². The van der Waals surface area contributed by atoms with E-state index in [1.807, 2.05) is 6.07 Å². The van der Waals surface area contributed by atoms with Crippen molar-refractivity contribution in [3.8, 4) is 0 Å². The van der Waals surface area contributed by atoms with Gasteiger partial charge < -0.3 is 5.11 Å². The number of rotatable bonds is 2. The van der Waals surface area contributed by atoms with Crippen LogP contribution in [0.2, 0.25) is 0 Å². The van der Waals surface area contributed by atoms with Gasteiger partial charge >= 0.3 is 0 Å². The fourth-order valence-electron chi connectivity index (χ4n) is 2.71. The summed E-state index contributed by atoms with van der Waals surface area (Å²) in [4.78, 5) is 1.04. The van der Waals surface area contributed by atoms with Crippen LogP contribution in [0, 0.1) is 16.7 Å². The number of thiophene rings is 1. The monoisotopic (exact) mass is 366 g/mol. The second-order valence-electron chi connectivity index (χ2n) is 5.64. The maximum atomic E-state index is 10.4. The van der Waals surface area contributed by atoms with Gasteiger partial charge in [-0.1, -0.05) is 27.7 Å². The van der Waals surface area contributed by atoms with E-state index >= 15 is 0 Å². The van der Waals surface area contributed by atoms with E-state index in [2.05, 4.69) is 59.6 Å². The van der Waals surface area contributed by atoms with Gasteiger partial charge in [0.15, 0.2) is 0 Å². The molecule has 4 heteroatoms. The Morgan fingerprint density at radius 2 is 1.75 bits per heavy atom. The minimum absolute atomic E-state index is 0.218. The summed E-state index contributed by atoms with van der Waals surface area (Å²) in [6.45, 7) is 8.94. The van der Waals surface area contributed by atoms with Crippen LogP contribution in [0.1, 0.15) is 38.7 Å². The summed E-state index contributed by atoms with van der Waals surface area (Å²) >= 11 is 8.55. The topological polar surface area (TPSA) is 20.2 Å². The smallest absolute Gasteiger partial charge is 0.0921 e. The molecule has 1 heterocycles. The molecule has 1 aromatic heterocycles. The number of hydrogen-bond donors (Lipinski definition) is 1. The van der Waals surface area contributed by atoms with Crippen LogP contribution < -0.4 is 0 Å². The SMILES string of the molecule is CC1(C)C(C(O)c2cc(Br)c(Br)s2)C1(C)C. The van der Waals surface area contributed by atoms with Crippen molar-refractivity contribution in [2.24, 2.45) is 16.7 Å². The van der Waals surface area contributed by atoms with E-state index in [9.17, 15) is 5.11 Å². The molecule has 1 aliphatic carbocycles. The highest BCUT2D eigenvalue weighted by molar-refractivity contribution is 9.13. The minimum Gasteiger partial charge on any atom is -0.387 e. The van der Waals surface area contributed by atoms with Gasteiger partial charge in [0.25, 0.3) is 0 Å². The Labute approximate surface area is 118 Å². The minimum atomic E-state index is -0.349. The van der Waals surface area contributed by atoms with Gasteiger partial charge in [0.05, 0.1) is 9.89 Å². The van der Waals surface area contributed by atoms with Crippen molar-refractivity contribution in [3.63, 3.8) is 0 Å². The van der Waals surface area contributed by atoms with Crippen molar-refractivity contribution in [1.82, 2.24) is 0 Å². The average Bonchev–Trinajstić information content (AvgIpc) is 2.39. The first-order chi connectivity index (χ1) is 7.19. The van der Waals surface area contributed by atoms with E-state index in [0.717, 1.165) is 13.1 Å². The van der Waals surface area contributed by atoms with Crippen LogP contribution in [-0.4, -0.2) is 5.11 Å². The average molecular weight is 368 g/mol. The molecule has 0 saturated heterocycles. The van der Waals surface area contributed by atoms with Gasteiger partial charge in [-0.05, 0) is 48.8 Å². The zero-order valence-corrected chi connectivity index (χ0v) is 13.8. The maximum Gasteiger partial charge on any atom is 0.0921 e. The van der Waals surface area contributed by atoms with Crippen LogP contribution in [0.25, 0.3) is 0 Å². The lowest BCUT2D eigenvalue weighted by Crippen LogP contribution is -2.03. The van der Waals surface area contributed by atoms with Crippen molar-refractivity contribution in [2.75, 3.05) is 0 Å². The van der Waals surface area contributed by atoms with Crippen LogP contribution in [0.5, 0.6) is 0 Å². The maximum absolute atomic E-state index is 10.4. The van der Waals surface area contributed by atoms with E-state index in [4.69, 9.17) is 0 Å². The van der Waals surface area contributed by atoms with Crippen LogP contribution >= 0.6 is 43.2 Å². The van der Waals surface area contributed by atoms with Gasteiger partial charge in [-0.15, -0.1) is 11.3 Å². The van der Waals surface area contributed by atoms with Crippen molar-refractivity contribution in [2.45, 2.75) is 33.8 Å². The zero-order valence-electron chi connectivity index (χ0n) is 9.84. The summed E-state index contributed by atoms with van der Waals surface area (Å²) in [5.74, 6) is 0.345. The summed E-state index contributed by atoms with van der Waals surface area (Å²) in [6, 6.07) is 2.02. The van der Waals surface area contributed by atoms with Gasteiger partial charge in [0.2, 0.25) is 0 Å². The molecule has 1 fully saturated rings. The summed E-state index contributed by atoms with van der Waals surface area (Å²) < 4.78 is 2.08. The normalized spacial score (nSPS) is 24.4. The standard InChI is InChI=1S/C12H16Br2OS/c1-11(2)9(12(11,3)4)8(15)7-5-6(13)10(14)16-7/h5,8-9,15H,1-4H3. The molecule has 1 atom stereocenters. The Morgan fingerprint density at radius 1 is 1.25 bits per heavy atom. The quantitative estimate of drug-likeness (QED) is 0.780. The summed E-state index contributed by atoms with van der Waals surface area (Å²) in [6.07, 6.45) is -0.349. The van der Waals surface area contributed by atoms with E-state index in [-0.39, 0.29) is 16.9 Å². The Morgan fingerprint density at radius 3 is 2.06 bits per heavy atom. The Balaban J connectivity index is 2.25. The van der Waals surface area contributed by atoms with Crippen LogP contribution in [0.4, 0.5) is 0 Å². The molecular formula is C12H16Br2OS. The van der Waals surface area contributed by atoms with E-state index < -0.39 is 0 Å². The molecule has 0 aromatic carbocycles. The van der Waals surface area contributed by atoms with Crippen molar-refractivity contribution < 1.29 is 5.11 Å². The molecule has 0 amide bonds. The lowest BCUT2D eigenvalue weighted by molar-refractivity contribution is 0.134. The van der Waals surface area contributed by atoms with Crippen LogP contribution in [0.15, 0.2) is 14.3 Å². The third-order valence-electron chi connectivity index (χ3n) is 4.40. The number of halogens is 2. The Bertz CT molecular complexity index is 389. The summed E-state index contributed by atoms with van der Waals surface area (Å²) in [7, 11) is 0. The molecule has 0 aliphatic heterocycles. The second kappa shape index (κ2) is 3.81. The lowest BCUT2D eigenvalue weighted by Gasteiger charge is -2.10. The van der Waals surface area contributed by atoms with E-state index in [1.165, 1.54) is 0 Å². The number of hydrogen-bond acceptors (Lipinski definition) is 2. The van der Waals surface area contributed by atoms with Crippen molar-refractivity contribution in [3.05, 3.63) is 19.2 Å². The first-order valence-electron chi connectivity index (χ1n) is 5.32. The van der Waals surface area contributed by atoms with Crippen LogP contribution in [0.3, 0.4) is 0 Å². The summed E-state index contributed by atoms with van der Waals surface area (Å²) in [5, 5.41) is 10.4. The largest absolute Gasteiger partial charge is 0.387 e. The molecule has 1 unspecified atom stereocenters. The second-order valence-corrected chi connectivity index (χ2v) is 8.89. The fraction of sp³-hybridized carbons (Fsp3) is 0.667. The van der Waals surface area contributed by atoms with Gasteiger partial charge in [-0.3, -0.25) is 0 Å². The number of aliphatic hydroxyl groups is 1. The highest BCUT2D eigenvalue weighted by Gasteiger charge is 2.67. The molecule has 0 spiro atoms. The lowest BCUT2D eigenvalue weighted by atomic mass is 10.0. The summed E-state index contributed by atoms with van der Waals surface area (Å²) in [5.41, 5.74) is 0.435. The third kappa shape index (κ3) is 1.73. The van der Waals surface area contributed by atoms with Crippen LogP contribution in [-0.2, 0) is 0 Å². The van der Waals surface area contributed by atoms with Gasteiger partial charge in [-0.2, -0.15) is 0 Å². The highest BCUT2D eigenvalue weighted by atomic mass is 79.9. The van der Waals surface area contributed by atoms with E-state index in [0.29, 0.717) is 5.92 Å². The van der Waals surface area contributed by atoms with Gasteiger partial charge in [0.1, 0.15) is 0 Å². The van der Waals surface area contributed by atoms with Gasteiger partial charge in [0, 0.05) is 15.3 Å². The fourth-order valence-corrected chi connectivity index (χ4v) is 4.82. The molecule has 90 valence electrons. The molecule has 0 bridgehead atoms. The molecule has 2 rings (SSSR count). The number of aliphatic hydroxyl groups excluding tert-OH is 1. The third-order valence-corrected chi connectivity index (χ3v) is 7.73. The first kappa shape index (κ1) is 13.1. The molecule has 0 radical (unpaired) electrons. The predicted octanol–water partition coefficient (Wildman–Crippen LogP) is 4.99. The predicted molar refractivity (Wildman–Crippen MR) is 75.7 cm³/mol. The molecule has 1 aromatic rings. The molecule has 16 heavy (non-hydrogen) atoms. The molecule has 1 nitrogen and oxygen atoms in total. The van der Waals surface area contributed by atoms with Gasteiger partial charge in [-0.25, -0.2) is 0 Å². The Hall–Kier alpha value is 0.620. The first-order valence-corrected chi connectivity index (χ1v) is 7.72. The Kier molecular flexibility index (Phi) is 3.11.